The summed E-state index contributed by atoms with van der Waals surface area (Å²) in [6, 6.07) is 18.2. The first-order chi connectivity index (χ1) is 9.31. The van der Waals surface area contributed by atoms with Gasteiger partial charge in [0.05, 0.1) is 6.67 Å². The van der Waals surface area contributed by atoms with Gasteiger partial charge in [-0.25, -0.2) is 0 Å². The zero-order valence-electron chi connectivity index (χ0n) is 10.6. The molecule has 2 heteroatoms. The Morgan fingerprint density at radius 2 is 1.42 bits per heavy atom. The summed E-state index contributed by atoms with van der Waals surface area (Å²) in [5.74, 6) is 0. The van der Waals surface area contributed by atoms with Gasteiger partial charge in [-0.05, 0) is 39.6 Å². The van der Waals surface area contributed by atoms with Gasteiger partial charge in [0.25, 0.3) is 0 Å². The van der Waals surface area contributed by atoms with E-state index in [1.165, 1.54) is 0 Å². The molecule has 0 amide bonds. The quantitative estimate of drug-likeness (QED) is 0.690. The lowest BCUT2D eigenvalue weighted by atomic mass is 9.91. The van der Waals surface area contributed by atoms with Crippen molar-refractivity contribution in [2.75, 3.05) is 6.67 Å². The van der Waals surface area contributed by atoms with Crippen molar-refractivity contribution in [1.82, 2.24) is 0 Å². The predicted octanol–water partition coefficient (Wildman–Crippen LogP) is 4.35. The maximum atomic E-state index is 12.6. The standard InChI is InChI=1S/C17H16FN/c18-10-9-16(19)17-14-7-3-1-5-12(14)11-13-6-2-4-8-15(13)17/h1-8,11,16H,9-10,19H2/t16-/m1/s1. The van der Waals surface area contributed by atoms with E-state index < -0.39 is 6.67 Å². The topological polar surface area (TPSA) is 26.0 Å². The van der Waals surface area contributed by atoms with Crippen molar-refractivity contribution in [1.29, 1.82) is 0 Å². The van der Waals surface area contributed by atoms with Crippen LogP contribution in [0.25, 0.3) is 21.5 Å². The monoisotopic (exact) mass is 253 g/mol. The number of alkyl halides is 1. The molecule has 0 aliphatic rings. The lowest BCUT2D eigenvalue weighted by molar-refractivity contribution is 0.443. The summed E-state index contributed by atoms with van der Waals surface area (Å²) in [7, 11) is 0. The lowest BCUT2D eigenvalue weighted by Gasteiger charge is -2.17. The Morgan fingerprint density at radius 3 is 1.95 bits per heavy atom. The lowest BCUT2D eigenvalue weighted by Crippen LogP contribution is -2.12. The van der Waals surface area contributed by atoms with Crippen LogP contribution in [-0.4, -0.2) is 6.67 Å². The smallest absolute Gasteiger partial charge is 0.0912 e. The number of hydrogen-bond donors (Lipinski definition) is 1. The SMILES string of the molecule is N[C@H](CCF)c1c2ccccc2cc2ccccc12. The highest BCUT2D eigenvalue weighted by Gasteiger charge is 2.13. The summed E-state index contributed by atoms with van der Waals surface area (Å²) in [6.07, 6.45) is 0.359. The second kappa shape index (κ2) is 4.98. The largest absolute Gasteiger partial charge is 0.324 e. The van der Waals surface area contributed by atoms with Crippen molar-refractivity contribution in [2.45, 2.75) is 12.5 Å². The highest BCUT2D eigenvalue weighted by molar-refractivity contribution is 6.02. The van der Waals surface area contributed by atoms with Crippen molar-refractivity contribution < 1.29 is 4.39 Å². The highest BCUT2D eigenvalue weighted by atomic mass is 19.1. The second-order valence-corrected chi connectivity index (χ2v) is 4.82. The minimum Gasteiger partial charge on any atom is -0.324 e. The first-order valence-corrected chi connectivity index (χ1v) is 6.53. The molecule has 0 radical (unpaired) electrons. The molecule has 0 bridgehead atoms. The van der Waals surface area contributed by atoms with E-state index in [9.17, 15) is 4.39 Å². The summed E-state index contributed by atoms with van der Waals surface area (Å²) in [5.41, 5.74) is 7.26. The van der Waals surface area contributed by atoms with Gasteiger partial charge in [0.2, 0.25) is 0 Å². The summed E-state index contributed by atoms with van der Waals surface area (Å²) in [5, 5.41) is 4.57. The van der Waals surface area contributed by atoms with Crippen LogP contribution >= 0.6 is 0 Å². The molecule has 0 aliphatic heterocycles. The Labute approximate surface area is 111 Å². The van der Waals surface area contributed by atoms with Crippen LogP contribution in [0.1, 0.15) is 18.0 Å². The van der Waals surface area contributed by atoms with E-state index in [1.54, 1.807) is 0 Å². The van der Waals surface area contributed by atoms with Crippen LogP contribution in [0, 0.1) is 0 Å². The van der Waals surface area contributed by atoms with Gasteiger partial charge in [0, 0.05) is 6.04 Å². The minimum absolute atomic E-state index is 0.263. The molecule has 0 saturated heterocycles. The number of benzene rings is 3. The fourth-order valence-electron chi connectivity index (χ4n) is 2.71. The van der Waals surface area contributed by atoms with Crippen molar-refractivity contribution in [3.8, 4) is 0 Å². The number of halogens is 1. The number of nitrogens with two attached hydrogens (primary N) is 1. The van der Waals surface area contributed by atoms with E-state index >= 15 is 0 Å². The summed E-state index contributed by atoms with van der Waals surface area (Å²) >= 11 is 0. The molecule has 0 fully saturated rings. The zero-order chi connectivity index (χ0) is 13.2. The van der Waals surface area contributed by atoms with Gasteiger partial charge >= 0.3 is 0 Å². The number of fused-ring (bicyclic) bond motifs is 2. The molecule has 0 saturated carbocycles. The van der Waals surface area contributed by atoms with Crippen LogP contribution in [0.3, 0.4) is 0 Å². The molecule has 2 N–H and O–H groups in total. The molecule has 1 atom stereocenters. The Bertz CT molecular complexity index is 667. The van der Waals surface area contributed by atoms with E-state index in [1.807, 2.05) is 24.3 Å². The normalized spacial score (nSPS) is 12.9. The number of hydrogen-bond acceptors (Lipinski definition) is 1. The molecule has 0 unspecified atom stereocenters. The van der Waals surface area contributed by atoms with E-state index in [0.29, 0.717) is 6.42 Å². The minimum atomic E-state index is -0.390. The maximum absolute atomic E-state index is 12.6. The van der Waals surface area contributed by atoms with Crippen LogP contribution in [0.2, 0.25) is 0 Å². The molecule has 0 spiro atoms. The van der Waals surface area contributed by atoms with Crippen LogP contribution < -0.4 is 5.73 Å². The molecule has 1 nitrogen and oxygen atoms in total. The van der Waals surface area contributed by atoms with Crippen molar-refractivity contribution in [2.24, 2.45) is 5.73 Å². The molecule has 0 aromatic heterocycles. The number of rotatable bonds is 3. The van der Waals surface area contributed by atoms with Gasteiger partial charge in [0.1, 0.15) is 0 Å². The molecule has 3 aromatic rings. The average Bonchev–Trinajstić information content (AvgIpc) is 2.44. The summed E-state index contributed by atoms with van der Waals surface area (Å²) in [4.78, 5) is 0. The highest BCUT2D eigenvalue weighted by Crippen LogP contribution is 2.32. The van der Waals surface area contributed by atoms with Crippen molar-refractivity contribution >= 4 is 21.5 Å². The molecule has 3 aromatic carbocycles. The van der Waals surface area contributed by atoms with Gasteiger partial charge in [0.15, 0.2) is 0 Å². The fourth-order valence-corrected chi connectivity index (χ4v) is 2.71. The second-order valence-electron chi connectivity index (χ2n) is 4.82. The fraction of sp³-hybridized carbons (Fsp3) is 0.176. The predicted molar refractivity (Wildman–Crippen MR) is 79.0 cm³/mol. The van der Waals surface area contributed by atoms with E-state index in [4.69, 9.17) is 5.73 Å². The zero-order valence-corrected chi connectivity index (χ0v) is 10.6. The third kappa shape index (κ3) is 2.08. The van der Waals surface area contributed by atoms with Crippen LogP contribution in [0.15, 0.2) is 54.6 Å². The molecule has 3 rings (SSSR count). The molecule has 96 valence electrons. The first kappa shape index (κ1) is 12.1. The first-order valence-electron chi connectivity index (χ1n) is 6.53. The van der Waals surface area contributed by atoms with Gasteiger partial charge in [-0.2, -0.15) is 0 Å². The Hall–Kier alpha value is -1.93. The van der Waals surface area contributed by atoms with Crippen molar-refractivity contribution in [3.05, 3.63) is 60.2 Å². The molecule has 0 heterocycles. The Kier molecular flexibility index (Phi) is 3.18. The third-order valence-electron chi connectivity index (χ3n) is 3.60. The van der Waals surface area contributed by atoms with Gasteiger partial charge in [-0.15, -0.1) is 0 Å². The summed E-state index contributed by atoms with van der Waals surface area (Å²) < 4.78 is 12.6. The van der Waals surface area contributed by atoms with Crippen LogP contribution in [0.4, 0.5) is 4.39 Å². The third-order valence-corrected chi connectivity index (χ3v) is 3.60. The maximum Gasteiger partial charge on any atom is 0.0912 e. The molecular formula is C17H16FN. The van der Waals surface area contributed by atoms with E-state index in [2.05, 4.69) is 30.3 Å². The molecule has 19 heavy (non-hydrogen) atoms. The Balaban J connectivity index is 2.39. The van der Waals surface area contributed by atoms with Gasteiger partial charge < -0.3 is 5.73 Å². The molecule has 0 aliphatic carbocycles. The Morgan fingerprint density at radius 1 is 0.895 bits per heavy atom. The van der Waals surface area contributed by atoms with Crippen LogP contribution in [-0.2, 0) is 0 Å². The van der Waals surface area contributed by atoms with E-state index in [0.717, 1.165) is 27.1 Å². The molecular weight excluding hydrogens is 237 g/mol. The average molecular weight is 253 g/mol. The van der Waals surface area contributed by atoms with E-state index in [-0.39, 0.29) is 6.04 Å². The summed E-state index contributed by atoms with van der Waals surface area (Å²) in [6.45, 7) is -0.390. The van der Waals surface area contributed by atoms with Gasteiger partial charge in [-0.1, -0.05) is 48.5 Å². The van der Waals surface area contributed by atoms with Crippen LogP contribution in [0.5, 0.6) is 0 Å². The van der Waals surface area contributed by atoms with Gasteiger partial charge in [-0.3, -0.25) is 4.39 Å². The van der Waals surface area contributed by atoms with Crippen molar-refractivity contribution in [3.63, 3.8) is 0 Å².